The molecule has 26 heavy (non-hydrogen) atoms. The quantitative estimate of drug-likeness (QED) is 0.770. The number of benzene rings is 1. The third kappa shape index (κ3) is 2.81. The second-order valence-electron chi connectivity index (χ2n) is 7.26. The van der Waals surface area contributed by atoms with Gasteiger partial charge in [-0.15, -0.1) is 11.3 Å². The van der Waals surface area contributed by atoms with Gasteiger partial charge in [0.1, 0.15) is 0 Å². The van der Waals surface area contributed by atoms with E-state index in [1.54, 1.807) is 11.3 Å². The molecule has 1 aromatic carbocycles. The van der Waals surface area contributed by atoms with Crippen molar-refractivity contribution in [3.05, 3.63) is 53.5 Å². The fourth-order valence-electron chi connectivity index (χ4n) is 4.28. The van der Waals surface area contributed by atoms with Gasteiger partial charge in [-0.25, -0.2) is 0 Å². The van der Waals surface area contributed by atoms with Gasteiger partial charge in [-0.3, -0.25) is 9.78 Å². The first-order chi connectivity index (χ1) is 12.8. The fraction of sp³-hybridized carbons (Fsp3) is 0.333. The number of para-hydroxylation sites is 1. The number of thiophene rings is 1. The van der Waals surface area contributed by atoms with Crippen LogP contribution in [0.4, 0.5) is 0 Å². The highest BCUT2D eigenvalue weighted by Crippen LogP contribution is 2.33. The zero-order valence-electron chi connectivity index (χ0n) is 14.5. The van der Waals surface area contributed by atoms with Crippen molar-refractivity contribution in [3.8, 4) is 10.4 Å². The van der Waals surface area contributed by atoms with E-state index in [1.807, 2.05) is 30.5 Å². The van der Waals surface area contributed by atoms with E-state index >= 15 is 0 Å². The van der Waals surface area contributed by atoms with Gasteiger partial charge in [0, 0.05) is 34.6 Å². The lowest BCUT2D eigenvalue weighted by Crippen LogP contribution is -2.57. The van der Waals surface area contributed by atoms with Crippen molar-refractivity contribution in [2.24, 2.45) is 5.92 Å². The summed E-state index contributed by atoms with van der Waals surface area (Å²) in [6.07, 6.45) is 4.24. The fourth-order valence-corrected chi connectivity index (χ4v) is 5.21. The molecule has 3 aromatic rings. The van der Waals surface area contributed by atoms with Crippen LogP contribution in [0.25, 0.3) is 21.3 Å². The average molecular weight is 363 g/mol. The number of pyridine rings is 1. The van der Waals surface area contributed by atoms with Gasteiger partial charge >= 0.3 is 0 Å². The van der Waals surface area contributed by atoms with Crippen LogP contribution in [-0.4, -0.2) is 41.5 Å². The minimum atomic E-state index is 0.0631. The molecule has 1 amide bonds. The Bertz CT molecular complexity index is 953. The molecular formula is C21H21N3OS. The topological polar surface area (TPSA) is 45.2 Å². The lowest BCUT2D eigenvalue weighted by atomic mass is 9.84. The molecule has 4 nitrogen and oxygen atoms in total. The van der Waals surface area contributed by atoms with Crippen LogP contribution < -0.4 is 5.32 Å². The van der Waals surface area contributed by atoms with E-state index in [9.17, 15) is 4.79 Å². The van der Waals surface area contributed by atoms with E-state index < -0.39 is 0 Å². The Balaban J connectivity index is 1.39. The number of carbonyl (C=O) groups is 1. The van der Waals surface area contributed by atoms with E-state index in [4.69, 9.17) is 0 Å². The van der Waals surface area contributed by atoms with Crippen molar-refractivity contribution in [2.45, 2.75) is 18.9 Å². The molecular weight excluding hydrogens is 342 g/mol. The Hall–Kier alpha value is -2.24. The Morgan fingerprint density at radius 1 is 1.12 bits per heavy atom. The van der Waals surface area contributed by atoms with Crippen LogP contribution in [0.15, 0.2) is 48.7 Å². The van der Waals surface area contributed by atoms with Crippen molar-refractivity contribution in [1.82, 2.24) is 15.2 Å². The van der Waals surface area contributed by atoms with Gasteiger partial charge in [0.15, 0.2) is 0 Å². The molecule has 5 heterocycles. The first-order valence-corrected chi connectivity index (χ1v) is 10.1. The maximum Gasteiger partial charge on any atom is 0.261 e. The highest BCUT2D eigenvalue weighted by molar-refractivity contribution is 7.17. The van der Waals surface area contributed by atoms with Gasteiger partial charge in [-0.2, -0.15) is 0 Å². The van der Waals surface area contributed by atoms with Crippen LogP contribution in [0.1, 0.15) is 22.5 Å². The Kier molecular flexibility index (Phi) is 3.98. The molecule has 0 aliphatic carbocycles. The van der Waals surface area contributed by atoms with E-state index in [1.165, 1.54) is 25.9 Å². The summed E-state index contributed by atoms with van der Waals surface area (Å²) < 4.78 is 0. The van der Waals surface area contributed by atoms with E-state index in [-0.39, 0.29) is 5.91 Å². The van der Waals surface area contributed by atoms with Gasteiger partial charge < -0.3 is 10.2 Å². The first kappa shape index (κ1) is 16.0. The molecule has 1 N–H and O–H groups in total. The van der Waals surface area contributed by atoms with Crippen LogP contribution in [0.5, 0.6) is 0 Å². The second-order valence-corrected chi connectivity index (χ2v) is 8.35. The van der Waals surface area contributed by atoms with Crippen LogP contribution in [0, 0.1) is 5.92 Å². The Labute approximate surface area is 156 Å². The molecule has 1 atom stereocenters. The maximum atomic E-state index is 12.8. The van der Waals surface area contributed by atoms with Crippen molar-refractivity contribution >= 4 is 28.1 Å². The number of hydrogen-bond donors (Lipinski definition) is 1. The van der Waals surface area contributed by atoms with Crippen molar-refractivity contribution in [2.75, 3.05) is 19.6 Å². The summed E-state index contributed by atoms with van der Waals surface area (Å²) >= 11 is 1.55. The number of hydrogen-bond acceptors (Lipinski definition) is 4. The average Bonchev–Trinajstić information content (AvgIpc) is 3.19. The van der Waals surface area contributed by atoms with Gasteiger partial charge in [-0.1, -0.05) is 24.3 Å². The lowest BCUT2D eigenvalue weighted by molar-refractivity contribution is 0.0622. The maximum absolute atomic E-state index is 12.8. The number of nitrogens with one attached hydrogen (secondary N) is 1. The molecule has 6 rings (SSSR count). The zero-order valence-corrected chi connectivity index (χ0v) is 15.3. The van der Waals surface area contributed by atoms with Gasteiger partial charge in [0.2, 0.25) is 0 Å². The largest absolute Gasteiger partial charge is 0.347 e. The highest BCUT2D eigenvalue weighted by Gasteiger charge is 2.35. The molecule has 5 heteroatoms. The minimum Gasteiger partial charge on any atom is -0.347 e. The Morgan fingerprint density at radius 2 is 1.96 bits per heavy atom. The summed E-state index contributed by atoms with van der Waals surface area (Å²) in [7, 11) is 0. The number of piperidine rings is 3. The van der Waals surface area contributed by atoms with E-state index in [0.717, 1.165) is 32.8 Å². The van der Waals surface area contributed by atoms with Gasteiger partial charge in [0.25, 0.3) is 5.91 Å². The Morgan fingerprint density at radius 3 is 2.77 bits per heavy atom. The summed E-state index contributed by atoms with van der Waals surface area (Å²) in [6, 6.07) is 14.5. The predicted octanol–water partition coefficient (Wildman–Crippen LogP) is 3.79. The molecule has 3 saturated heterocycles. The molecule has 132 valence electrons. The second kappa shape index (κ2) is 6.49. The van der Waals surface area contributed by atoms with Crippen LogP contribution in [0.2, 0.25) is 0 Å². The van der Waals surface area contributed by atoms with Gasteiger partial charge in [-0.05, 0) is 50.0 Å². The first-order valence-electron chi connectivity index (χ1n) is 9.25. The SMILES string of the molecule is O=C(N[C@@H]1CN2CCC1CC2)c1ccc(-c2cccc3cccnc23)s1. The molecule has 2 bridgehead atoms. The van der Waals surface area contributed by atoms with Crippen molar-refractivity contribution in [3.63, 3.8) is 0 Å². The monoisotopic (exact) mass is 363 g/mol. The van der Waals surface area contributed by atoms with Crippen molar-refractivity contribution < 1.29 is 4.79 Å². The van der Waals surface area contributed by atoms with E-state index in [2.05, 4.69) is 33.4 Å². The van der Waals surface area contributed by atoms with E-state index in [0.29, 0.717) is 12.0 Å². The summed E-state index contributed by atoms with van der Waals surface area (Å²) in [4.78, 5) is 21.6. The number of rotatable bonds is 3. The molecule has 2 aromatic heterocycles. The number of amides is 1. The third-order valence-electron chi connectivity index (χ3n) is 5.70. The lowest BCUT2D eigenvalue weighted by Gasteiger charge is -2.44. The van der Waals surface area contributed by atoms with Gasteiger partial charge in [0.05, 0.1) is 10.4 Å². The number of aromatic nitrogens is 1. The molecule has 0 radical (unpaired) electrons. The van der Waals surface area contributed by atoms with Crippen molar-refractivity contribution in [1.29, 1.82) is 0 Å². The molecule has 0 unspecified atom stereocenters. The van der Waals surface area contributed by atoms with Crippen LogP contribution in [-0.2, 0) is 0 Å². The summed E-state index contributed by atoms with van der Waals surface area (Å²) in [6.45, 7) is 3.38. The normalized spacial score (nSPS) is 24.7. The molecule has 0 spiro atoms. The molecule has 0 saturated carbocycles. The minimum absolute atomic E-state index is 0.0631. The zero-order chi connectivity index (χ0) is 17.5. The van der Waals surface area contributed by atoms with Crippen LogP contribution in [0.3, 0.4) is 0 Å². The standard InChI is InChI=1S/C21H21N3OS/c25-21(23-17-13-24-11-8-14(17)9-12-24)19-7-6-18(26-19)16-5-1-3-15-4-2-10-22-20(15)16/h1-7,10,14,17H,8-9,11-13H2,(H,23,25)/t17-/m1/s1. The highest BCUT2D eigenvalue weighted by atomic mass is 32.1. The summed E-state index contributed by atoms with van der Waals surface area (Å²) in [5, 5.41) is 4.40. The summed E-state index contributed by atoms with van der Waals surface area (Å²) in [5.41, 5.74) is 2.08. The van der Waals surface area contributed by atoms with Crippen LogP contribution >= 0.6 is 11.3 Å². The number of carbonyl (C=O) groups excluding carboxylic acids is 1. The third-order valence-corrected chi connectivity index (χ3v) is 6.82. The predicted molar refractivity (Wildman–Crippen MR) is 105 cm³/mol. The number of fused-ring (bicyclic) bond motifs is 4. The molecule has 3 aliphatic rings. The molecule has 3 aliphatic heterocycles. The summed E-state index contributed by atoms with van der Waals surface area (Å²) in [5.74, 6) is 0.707. The number of nitrogens with zero attached hydrogens (tertiary/aromatic N) is 2. The molecule has 3 fully saturated rings. The smallest absolute Gasteiger partial charge is 0.261 e.